The standard InChI is InChI=1S/C58H44N2O/c1-3-17-39(18-4-1)45-27-15-19-40-20-16-28-50(58(40)45)46-24-8-12-30-53(46)60(43-34-36-55-51(38-43)47-25-9-13-31-54(47)59(55)42-21-5-2-6-22-42)52-29-11-7-23-44(52)41-33-35-49-48-26-10-14-32-56(48)61-57(49)37-41/h2,5-16,19-39H,1,3-4,17-18H2. The Morgan fingerprint density at radius 2 is 1.10 bits per heavy atom. The summed E-state index contributed by atoms with van der Waals surface area (Å²) in [5.41, 5.74) is 14.9. The first-order valence-electron chi connectivity index (χ1n) is 21.8. The van der Waals surface area contributed by atoms with Crippen molar-refractivity contribution in [2.24, 2.45) is 0 Å². The first-order valence-corrected chi connectivity index (χ1v) is 21.8. The van der Waals surface area contributed by atoms with Crippen molar-refractivity contribution in [3.05, 3.63) is 206 Å². The second-order valence-electron chi connectivity index (χ2n) is 16.7. The van der Waals surface area contributed by atoms with Gasteiger partial charge in [0.05, 0.1) is 22.4 Å². The Hall–Kier alpha value is -7.36. The molecule has 61 heavy (non-hydrogen) atoms. The fourth-order valence-electron chi connectivity index (χ4n) is 10.4. The van der Waals surface area contributed by atoms with Crippen LogP contribution in [0.25, 0.3) is 82.5 Å². The lowest BCUT2D eigenvalue weighted by atomic mass is 9.80. The quantitative estimate of drug-likeness (QED) is 0.161. The number of hydrogen-bond acceptors (Lipinski definition) is 2. The maximum atomic E-state index is 6.48. The molecule has 3 heteroatoms. The van der Waals surface area contributed by atoms with E-state index in [2.05, 4.69) is 204 Å². The van der Waals surface area contributed by atoms with Crippen LogP contribution in [0.15, 0.2) is 205 Å². The van der Waals surface area contributed by atoms with E-state index in [1.807, 2.05) is 6.07 Å². The van der Waals surface area contributed by atoms with Crippen LogP contribution >= 0.6 is 0 Å². The molecule has 0 atom stereocenters. The Balaban J connectivity index is 1.12. The molecule has 0 N–H and O–H groups in total. The fraction of sp³-hybridized carbons (Fsp3) is 0.103. The van der Waals surface area contributed by atoms with Gasteiger partial charge in [0.25, 0.3) is 0 Å². The van der Waals surface area contributed by atoms with Crippen molar-refractivity contribution in [1.29, 1.82) is 0 Å². The van der Waals surface area contributed by atoms with E-state index in [4.69, 9.17) is 4.42 Å². The van der Waals surface area contributed by atoms with Crippen molar-refractivity contribution in [3.63, 3.8) is 0 Å². The van der Waals surface area contributed by atoms with Crippen LogP contribution < -0.4 is 4.90 Å². The van der Waals surface area contributed by atoms with Gasteiger partial charge in [0, 0.05) is 44.0 Å². The Labute approximate surface area is 355 Å². The highest BCUT2D eigenvalue weighted by molar-refractivity contribution is 6.12. The highest BCUT2D eigenvalue weighted by atomic mass is 16.3. The minimum Gasteiger partial charge on any atom is -0.456 e. The molecule has 2 aromatic heterocycles. The van der Waals surface area contributed by atoms with Crippen LogP contribution in [0.3, 0.4) is 0 Å². The molecule has 1 saturated carbocycles. The zero-order valence-electron chi connectivity index (χ0n) is 34.0. The highest BCUT2D eigenvalue weighted by Crippen LogP contribution is 2.49. The fourth-order valence-corrected chi connectivity index (χ4v) is 10.4. The molecule has 3 nitrogen and oxygen atoms in total. The summed E-state index contributed by atoms with van der Waals surface area (Å²) in [7, 11) is 0. The van der Waals surface area contributed by atoms with Crippen molar-refractivity contribution in [1.82, 2.24) is 4.57 Å². The summed E-state index contributed by atoms with van der Waals surface area (Å²) in [4.78, 5) is 2.50. The number of nitrogens with zero attached hydrogens (tertiary/aromatic N) is 2. The molecule has 1 fully saturated rings. The van der Waals surface area contributed by atoms with Crippen molar-refractivity contribution in [3.8, 4) is 27.9 Å². The van der Waals surface area contributed by atoms with Crippen LogP contribution in [0, 0.1) is 0 Å². The van der Waals surface area contributed by atoms with E-state index in [1.165, 1.54) is 81.4 Å². The lowest BCUT2D eigenvalue weighted by molar-refractivity contribution is 0.445. The highest BCUT2D eigenvalue weighted by Gasteiger charge is 2.25. The molecule has 1 aliphatic rings. The number of furan rings is 1. The number of aromatic nitrogens is 1. The number of hydrogen-bond donors (Lipinski definition) is 0. The van der Waals surface area contributed by atoms with Crippen LogP contribution in [0.4, 0.5) is 17.1 Å². The molecule has 1 aliphatic carbocycles. The van der Waals surface area contributed by atoms with Crippen LogP contribution in [0.2, 0.25) is 0 Å². The number of anilines is 3. The maximum absolute atomic E-state index is 6.48. The van der Waals surface area contributed by atoms with Crippen LogP contribution in [0.5, 0.6) is 0 Å². The third-order valence-electron chi connectivity index (χ3n) is 13.2. The number of benzene rings is 9. The van der Waals surface area contributed by atoms with Gasteiger partial charge < -0.3 is 13.9 Å². The van der Waals surface area contributed by atoms with Gasteiger partial charge in [0.2, 0.25) is 0 Å². The van der Waals surface area contributed by atoms with Gasteiger partial charge in [-0.25, -0.2) is 0 Å². The summed E-state index contributed by atoms with van der Waals surface area (Å²) in [5.74, 6) is 0.570. The molecule has 12 rings (SSSR count). The predicted octanol–water partition coefficient (Wildman–Crippen LogP) is 16.7. The van der Waals surface area contributed by atoms with Crippen LogP contribution in [0.1, 0.15) is 43.6 Å². The topological polar surface area (TPSA) is 21.3 Å². The molecule has 0 saturated heterocycles. The van der Waals surface area contributed by atoms with Crippen LogP contribution in [-0.2, 0) is 0 Å². The first kappa shape index (κ1) is 35.6. The molecule has 9 aromatic carbocycles. The Morgan fingerprint density at radius 1 is 0.443 bits per heavy atom. The predicted molar refractivity (Wildman–Crippen MR) is 257 cm³/mol. The second kappa shape index (κ2) is 14.7. The van der Waals surface area contributed by atoms with E-state index < -0.39 is 0 Å². The van der Waals surface area contributed by atoms with Gasteiger partial charge in [0.15, 0.2) is 0 Å². The molecule has 2 heterocycles. The minimum absolute atomic E-state index is 0.570. The average Bonchev–Trinajstić information content (AvgIpc) is 3.87. The van der Waals surface area contributed by atoms with Crippen molar-refractivity contribution in [2.75, 3.05) is 4.90 Å². The summed E-state index contributed by atoms with van der Waals surface area (Å²) in [5, 5.41) is 7.39. The SMILES string of the molecule is c1ccc(-n2c3ccccc3c3cc(N(c4ccccc4-c4ccc5c(c4)oc4ccccc45)c4ccccc4-c4cccc5cccc(C6CCCCC6)c45)ccc32)cc1. The average molecular weight is 785 g/mol. The van der Waals surface area contributed by atoms with Gasteiger partial charge in [-0.1, -0.05) is 153 Å². The van der Waals surface area contributed by atoms with Gasteiger partial charge in [0.1, 0.15) is 11.2 Å². The molecule has 0 unspecified atom stereocenters. The minimum atomic E-state index is 0.570. The molecule has 0 bridgehead atoms. The molecule has 0 amide bonds. The van der Waals surface area contributed by atoms with E-state index in [9.17, 15) is 0 Å². The molecule has 0 aliphatic heterocycles. The molecular formula is C58H44N2O. The molecule has 0 spiro atoms. The Morgan fingerprint density at radius 3 is 1.95 bits per heavy atom. The lowest BCUT2D eigenvalue weighted by Crippen LogP contribution is -2.12. The number of para-hydroxylation sites is 5. The first-order chi connectivity index (χ1) is 30.3. The molecule has 11 aromatic rings. The smallest absolute Gasteiger partial charge is 0.136 e. The van der Waals surface area contributed by atoms with Gasteiger partial charge in [-0.3, -0.25) is 0 Å². The maximum Gasteiger partial charge on any atom is 0.136 e. The summed E-state index contributed by atoms with van der Waals surface area (Å²) in [6.45, 7) is 0. The number of fused-ring (bicyclic) bond motifs is 7. The van der Waals surface area contributed by atoms with Crippen molar-refractivity contribution < 1.29 is 4.42 Å². The van der Waals surface area contributed by atoms with Gasteiger partial charge in [-0.2, -0.15) is 0 Å². The van der Waals surface area contributed by atoms with E-state index in [-0.39, 0.29) is 0 Å². The third kappa shape index (κ3) is 5.95. The normalized spacial score (nSPS) is 13.5. The van der Waals surface area contributed by atoms with E-state index in [1.54, 1.807) is 0 Å². The largest absolute Gasteiger partial charge is 0.456 e. The second-order valence-corrected chi connectivity index (χ2v) is 16.7. The summed E-state index contributed by atoms with van der Waals surface area (Å²) in [6, 6.07) is 73.3. The van der Waals surface area contributed by atoms with Gasteiger partial charge in [-0.15, -0.1) is 0 Å². The Bertz CT molecular complexity index is 3420. The summed E-state index contributed by atoms with van der Waals surface area (Å²) >= 11 is 0. The molecular weight excluding hydrogens is 741 g/mol. The summed E-state index contributed by atoms with van der Waals surface area (Å²) in [6.07, 6.45) is 6.44. The Kier molecular flexibility index (Phi) is 8.59. The molecule has 0 radical (unpaired) electrons. The zero-order valence-corrected chi connectivity index (χ0v) is 34.0. The van der Waals surface area contributed by atoms with Crippen molar-refractivity contribution in [2.45, 2.75) is 38.0 Å². The van der Waals surface area contributed by atoms with Crippen molar-refractivity contribution >= 4 is 71.6 Å². The summed E-state index contributed by atoms with van der Waals surface area (Å²) < 4.78 is 8.87. The lowest BCUT2D eigenvalue weighted by Gasteiger charge is -2.31. The van der Waals surface area contributed by atoms with E-state index in [0.29, 0.717) is 5.92 Å². The molecule has 292 valence electrons. The zero-order chi connectivity index (χ0) is 40.3. The van der Waals surface area contributed by atoms with Gasteiger partial charge in [-0.05, 0) is 113 Å². The van der Waals surface area contributed by atoms with E-state index in [0.717, 1.165) is 55.8 Å². The van der Waals surface area contributed by atoms with E-state index >= 15 is 0 Å². The van der Waals surface area contributed by atoms with Gasteiger partial charge >= 0.3 is 0 Å². The number of rotatable bonds is 7. The van der Waals surface area contributed by atoms with Crippen LogP contribution in [-0.4, -0.2) is 4.57 Å². The monoisotopic (exact) mass is 784 g/mol. The third-order valence-corrected chi connectivity index (χ3v) is 13.2.